The van der Waals surface area contributed by atoms with Gasteiger partial charge in [0.25, 0.3) is 11.8 Å². The average molecular weight is 626 g/mol. The maximum Gasteiger partial charge on any atom is 1.00 e. The number of oxime groups is 1. The molecule has 0 aliphatic carbocycles. The van der Waals surface area contributed by atoms with E-state index in [0.717, 1.165) is 16.2 Å². The number of phenols is 2. The van der Waals surface area contributed by atoms with Crippen molar-refractivity contribution in [3.8, 4) is 11.5 Å². The largest absolute Gasteiger partial charge is 1.00 e. The Labute approximate surface area is 266 Å². The number of phenolic OH excluding ortho intramolecular Hbond substituents is 2. The zero-order valence-corrected chi connectivity index (χ0v) is 25.8. The predicted octanol–water partition coefficient (Wildman–Crippen LogP) is -2.88. The van der Waals surface area contributed by atoms with Crippen molar-refractivity contribution in [2.45, 2.75) is 16.6 Å². The molecule has 0 spiro atoms. The van der Waals surface area contributed by atoms with Crippen LogP contribution in [-0.4, -0.2) is 83.1 Å². The van der Waals surface area contributed by atoms with Gasteiger partial charge in [0.1, 0.15) is 23.7 Å². The first kappa shape index (κ1) is 30.7. The van der Waals surface area contributed by atoms with E-state index in [1.165, 1.54) is 47.1 Å². The van der Waals surface area contributed by atoms with E-state index in [9.17, 15) is 29.7 Å². The number of carbonyl (C=O) groups excluding carboxylic acids is 3. The molecule has 0 unspecified atom stereocenters. The Balaban J connectivity index is 0.00000387. The summed E-state index contributed by atoms with van der Waals surface area (Å²) in [7, 11) is 0. The Morgan fingerprint density at radius 1 is 1.37 bits per heavy atom. The molecule has 208 valence electrons. The number of imidazole rings is 1. The summed E-state index contributed by atoms with van der Waals surface area (Å²) < 4.78 is 0. The third-order valence-electron chi connectivity index (χ3n) is 5.79. The number of nitrogens with one attached hydrogen (secondary N) is 2. The first-order chi connectivity index (χ1) is 19.2. The Morgan fingerprint density at radius 3 is 2.80 bits per heavy atom. The number of aliphatic carboxylic acids is 1. The smallest absolute Gasteiger partial charge is 0.543 e. The van der Waals surface area contributed by atoms with Crippen molar-refractivity contribution in [3.63, 3.8) is 0 Å². The number of carboxylic acid groups (broad SMARTS) is 1. The number of carboxylic acids is 1. The van der Waals surface area contributed by atoms with Crippen LogP contribution in [0.2, 0.25) is 0 Å². The predicted molar refractivity (Wildman–Crippen MR) is 146 cm³/mol. The van der Waals surface area contributed by atoms with Crippen molar-refractivity contribution in [2.24, 2.45) is 5.16 Å². The maximum absolute atomic E-state index is 13.1. The van der Waals surface area contributed by atoms with Gasteiger partial charge in [0.2, 0.25) is 0 Å². The van der Waals surface area contributed by atoms with Gasteiger partial charge in [-0.2, -0.15) is 0 Å². The number of nitrogens with two attached hydrogens (primary N) is 1. The van der Waals surface area contributed by atoms with Gasteiger partial charge in [0.15, 0.2) is 27.5 Å². The van der Waals surface area contributed by atoms with Crippen LogP contribution in [-0.2, 0) is 19.2 Å². The summed E-state index contributed by atoms with van der Waals surface area (Å²) in [5, 5.41) is 39.3. The number of fused-ring (bicyclic) bond motifs is 2. The van der Waals surface area contributed by atoms with Gasteiger partial charge in [0, 0.05) is 29.0 Å². The van der Waals surface area contributed by atoms with E-state index < -0.39 is 29.2 Å². The first-order valence-electron chi connectivity index (χ1n) is 11.4. The van der Waals surface area contributed by atoms with Gasteiger partial charge in [-0.25, -0.2) is 9.97 Å². The van der Waals surface area contributed by atoms with Crippen molar-refractivity contribution in [3.05, 3.63) is 47.1 Å². The molecular weight excluding hydrogens is 605 g/mol. The number of rotatable bonds is 10. The Morgan fingerprint density at radius 2 is 2.12 bits per heavy atom. The summed E-state index contributed by atoms with van der Waals surface area (Å²) in [6, 6.07) is 1.61. The Bertz CT molecular complexity index is 1570. The second-order valence-electron chi connectivity index (χ2n) is 8.38. The molecule has 14 nitrogen and oxygen atoms in total. The van der Waals surface area contributed by atoms with Gasteiger partial charge >= 0.3 is 29.6 Å². The van der Waals surface area contributed by atoms with Gasteiger partial charge in [-0.3, -0.25) is 14.5 Å². The number of aromatic nitrogens is 3. The fourth-order valence-corrected chi connectivity index (χ4v) is 6.90. The van der Waals surface area contributed by atoms with Gasteiger partial charge in [-0.1, -0.05) is 29.6 Å². The summed E-state index contributed by atoms with van der Waals surface area (Å²) in [6.07, 6.45) is 1.44. The summed E-state index contributed by atoms with van der Waals surface area (Å²) in [6.45, 7) is 3.55. The van der Waals surface area contributed by atoms with E-state index in [1.807, 2.05) is 0 Å². The molecule has 41 heavy (non-hydrogen) atoms. The first-order valence-corrected chi connectivity index (χ1v) is 14.3. The van der Waals surface area contributed by atoms with Crippen molar-refractivity contribution < 1.29 is 64.1 Å². The number of aromatic hydroxyl groups is 2. The van der Waals surface area contributed by atoms with Gasteiger partial charge in [-0.05, 0) is 5.57 Å². The van der Waals surface area contributed by atoms with E-state index in [-0.39, 0.29) is 81.4 Å². The third kappa shape index (κ3) is 6.19. The standard InChI is InChI=1S/C23H21N7O7S3.Na/c1-2-3-37-29-15(12-8-39-22(24)25-12)18(33)28-16-19(34)30-17(21(35)36)9(6-38-20(16)30)7-40-23-26-10-4-13(31)14(32)5-11(10)27-23;/h2,4-5,8,16,20,31-32H,1,3,6-7H2,(H2,24,25)(H,26,27)(H,28,33)(H,35,36);/q;+1/p-1/b29-15+;/t16-,20-;/m1./s1. The molecule has 5 rings (SSSR count). The number of aromatic amines is 1. The molecule has 4 heterocycles. The molecule has 1 aromatic carbocycles. The molecular formula is C23H20N7NaO7S3. The number of thioether (sulfide) groups is 2. The molecule has 1 saturated heterocycles. The zero-order valence-electron chi connectivity index (χ0n) is 21.3. The quantitative estimate of drug-likeness (QED) is 0.0224. The van der Waals surface area contributed by atoms with Crippen LogP contribution < -0.4 is 45.7 Å². The molecule has 0 radical (unpaired) electrons. The van der Waals surface area contributed by atoms with Crippen molar-refractivity contribution >= 4 is 74.5 Å². The molecule has 2 aliphatic rings. The van der Waals surface area contributed by atoms with Crippen LogP contribution in [0.3, 0.4) is 0 Å². The third-order valence-corrected chi connectivity index (χ3v) is 8.77. The minimum Gasteiger partial charge on any atom is -0.543 e. The number of nitrogen functional groups attached to an aromatic ring is 1. The van der Waals surface area contributed by atoms with Crippen molar-refractivity contribution in [1.29, 1.82) is 0 Å². The maximum atomic E-state index is 13.1. The minimum absolute atomic E-state index is 0. The van der Waals surface area contributed by atoms with E-state index >= 15 is 0 Å². The van der Waals surface area contributed by atoms with Gasteiger partial charge < -0.3 is 41.0 Å². The summed E-state index contributed by atoms with van der Waals surface area (Å²) in [4.78, 5) is 55.7. The number of β-lactam (4-membered cyclic amide) rings is 1. The summed E-state index contributed by atoms with van der Waals surface area (Å²) in [5.41, 5.74) is 6.73. The zero-order chi connectivity index (χ0) is 28.6. The molecule has 2 aromatic heterocycles. The Kier molecular flexibility index (Phi) is 9.55. The van der Waals surface area contributed by atoms with Crippen LogP contribution in [0.25, 0.3) is 11.0 Å². The number of carbonyl (C=O) groups is 3. The van der Waals surface area contributed by atoms with Crippen LogP contribution in [0, 0.1) is 0 Å². The van der Waals surface area contributed by atoms with Crippen LogP contribution in [0.15, 0.2) is 51.8 Å². The minimum atomic E-state index is -1.52. The number of nitrogens with zero attached hydrogens (tertiary/aromatic N) is 4. The van der Waals surface area contributed by atoms with E-state index in [0.29, 0.717) is 21.8 Å². The molecule has 0 bridgehead atoms. The fourth-order valence-electron chi connectivity index (χ4n) is 3.98. The van der Waals surface area contributed by atoms with Crippen LogP contribution in [0.4, 0.5) is 5.13 Å². The van der Waals surface area contributed by atoms with Crippen molar-refractivity contribution in [2.75, 3.05) is 23.8 Å². The number of hydrogen-bond donors (Lipinski definition) is 5. The van der Waals surface area contributed by atoms with Gasteiger partial charge in [0.05, 0.1) is 22.7 Å². The normalized spacial score (nSPS) is 18.4. The van der Waals surface area contributed by atoms with Gasteiger partial charge in [-0.15, -0.1) is 23.1 Å². The fraction of sp³-hybridized carbons (Fsp3) is 0.217. The van der Waals surface area contributed by atoms with Crippen LogP contribution >= 0.6 is 34.9 Å². The monoisotopic (exact) mass is 625 g/mol. The molecule has 18 heteroatoms. The summed E-state index contributed by atoms with van der Waals surface area (Å²) >= 11 is 3.57. The number of anilines is 1. The molecule has 2 amide bonds. The van der Waals surface area contributed by atoms with Crippen molar-refractivity contribution in [1.82, 2.24) is 25.2 Å². The molecule has 3 aromatic rings. The summed E-state index contributed by atoms with van der Waals surface area (Å²) in [5.74, 6) is -3.07. The van der Waals surface area contributed by atoms with Crippen LogP contribution in [0.5, 0.6) is 11.5 Å². The molecule has 2 atom stereocenters. The topological polar surface area (TPSA) is 219 Å². The Hall–Kier alpha value is -3.22. The molecule has 2 aliphatic heterocycles. The molecule has 0 saturated carbocycles. The second-order valence-corrected chi connectivity index (χ2v) is 11.3. The van der Waals surface area contributed by atoms with E-state index in [1.54, 1.807) is 0 Å². The average Bonchev–Trinajstić information content (AvgIpc) is 3.53. The SMILES string of the molecule is C=CCO/N=C(/C(=O)N[C@@H]1C(=O)N2C(C(=O)[O-])=C(CSc3nc4cc(O)c(O)cc4[nH]3)CS[C@H]12)c1csc(N)n1.[Na+]. The number of H-pyrrole nitrogens is 1. The number of benzene rings is 1. The number of thiazole rings is 1. The van der Waals surface area contributed by atoms with Crippen LogP contribution in [0.1, 0.15) is 5.69 Å². The molecule has 6 N–H and O–H groups in total. The van der Waals surface area contributed by atoms with E-state index in [4.69, 9.17) is 10.6 Å². The van der Waals surface area contributed by atoms with E-state index in [2.05, 4.69) is 32.0 Å². The molecule has 1 fully saturated rings. The number of amides is 2. The second kappa shape index (κ2) is 12.7. The number of hydrogen-bond acceptors (Lipinski definition) is 14.